The number of anilines is 1. The van der Waals surface area contributed by atoms with Gasteiger partial charge in [-0.25, -0.2) is 4.98 Å². The molecule has 2 aromatic heterocycles. The van der Waals surface area contributed by atoms with Crippen molar-refractivity contribution in [2.45, 2.75) is 6.54 Å². The molecule has 1 aliphatic heterocycles. The Balaban J connectivity index is 1.69. The maximum atomic E-state index is 4.59. The van der Waals surface area contributed by atoms with Gasteiger partial charge < -0.3 is 5.32 Å². The molecule has 0 radical (unpaired) electrons. The lowest BCUT2D eigenvalue weighted by Gasteiger charge is -2.07. The molecule has 3 aromatic rings. The molecule has 0 atom stereocenters. The van der Waals surface area contributed by atoms with Crippen molar-refractivity contribution in [1.82, 2.24) is 9.97 Å². The van der Waals surface area contributed by atoms with Crippen molar-refractivity contribution in [3.05, 3.63) is 66.0 Å². The Bertz CT molecular complexity index is 823. The van der Waals surface area contributed by atoms with E-state index in [-0.39, 0.29) is 0 Å². The standard InChI is InChI=1S/C16H12N4/c1-2-6-13-11(4-1)7-8-14(19-13)20-16-15-12(10-18-16)5-3-9-17-15/h1-9H,10H2,(H,18,19,20). The van der Waals surface area contributed by atoms with Crippen LogP contribution in [-0.2, 0) is 6.54 Å². The van der Waals surface area contributed by atoms with E-state index >= 15 is 0 Å². The molecule has 0 amide bonds. The Morgan fingerprint density at radius 2 is 1.90 bits per heavy atom. The fourth-order valence-electron chi connectivity index (χ4n) is 2.37. The van der Waals surface area contributed by atoms with Gasteiger partial charge in [-0.2, -0.15) is 0 Å². The molecule has 0 saturated carbocycles. The van der Waals surface area contributed by atoms with Crippen LogP contribution in [-0.4, -0.2) is 15.8 Å². The minimum absolute atomic E-state index is 0.680. The van der Waals surface area contributed by atoms with Crippen molar-refractivity contribution in [2.24, 2.45) is 4.99 Å². The predicted molar refractivity (Wildman–Crippen MR) is 79.8 cm³/mol. The second-order valence-electron chi connectivity index (χ2n) is 4.69. The Labute approximate surface area is 116 Å². The zero-order valence-electron chi connectivity index (χ0n) is 10.7. The van der Waals surface area contributed by atoms with Gasteiger partial charge in [0.05, 0.1) is 12.1 Å². The molecule has 1 aliphatic rings. The molecule has 0 fully saturated rings. The van der Waals surface area contributed by atoms with Crippen LogP contribution in [0, 0.1) is 0 Å². The van der Waals surface area contributed by atoms with Gasteiger partial charge in [0.25, 0.3) is 0 Å². The number of amidine groups is 1. The lowest BCUT2D eigenvalue weighted by atomic mass is 10.2. The summed E-state index contributed by atoms with van der Waals surface area (Å²) in [5.74, 6) is 1.59. The number of rotatable bonds is 1. The number of pyridine rings is 2. The second kappa shape index (κ2) is 4.42. The highest BCUT2D eigenvalue weighted by Gasteiger charge is 2.16. The Morgan fingerprint density at radius 3 is 2.90 bits per heavy atom. The molecule has 0 unspecified atom stereocenters. The van der Waals surface area contributed by atoms with Gasteiger partial charge in [0.1, 0.15) is 11.5 Å². The number of nitrogens with one attached hydrogen (secondary N) is 1. The van der Waals surface area contributed by atoms with Gasteiger partial charge in [-0.3, -0.25) is 9.98 Å². The first-order chi connectivity index (χ1) is 9.90. The van der Waals surface area contributed by atoms with Gasteiger partial charge in [-0.15, -0.1) is 0 Å². The van der Waals surface area contributed by atoms with Crippen molar-refractivity contribution < 1.29 is 0 Å². The average Bonchev–Trinajstić information content (AvgIpc) is 2.91. The maximum absolute atomic E-state index is 4.59. The van der Waals surface area contributed by atoms with Gasteiger partial charge in [-0.1, -0.05) is 24.3 Å². The van der Waals surface area contributed by atoms with E-state index in [1.165, 1.54) is 0 Å². The summed E-state index contributed by atoms with van der Waals surface area (Å²) in [5, 5.41) is 4.40. The number of aromatic nitrogens is 2. The van der Waals surface area contributed by atoms with Gasteiger partial charge in [0.15, 0.2) is 5.84 Å². The summed E-state index contributed by atoms with van der Waals surface area (Å²) < 4.78 is 0. The highest BCUT2D eigenvalue weighted by molar-refractivity contribution is 6.09. The summed E-state index contributed by atoms with van der Waals surface area (Å²) in [6.07, 6.45) is 1.79. The molecule has 1 N–H and O–H groups in total. The summed E-state index contributed by atoms with van der Waals surface area (Å²) in [4.78, 5) is 13.5. The van der Waals surface area contributed by atoms with E-state index in [0.717, 1.165) is 33.8 Å². The van der Waals surface area contributed by atoms with Crippen LogP contribution in [0.3, 0.4) is 0 Å². The van der Waals surface area contributed by atoms with E-state index in [0.29, 0.717) is 6.54 Å². The van der Waals surface area contributed by atoms with Crippen LogP contribution in [0.4, 0.5) is 5.82 Å². The molecule has 96 valence electrons. The normalized spacial score (nSPS) is 13.1. The van der Waals surface area contributed by atoms with Gasteiger partial charge >= 0.3 is 0 Å². The van der Waals surface area contributed by atoms with Crippen molar-refractivity contribution >= 4 is 22.6 Å². The average molecular weight is 260 g/mol. The third-order valence-corrected chi connectivity index (χ3v) is 3.37. The topological polar surface area (TPSA) is 50.2 Å². The van der Waals surface area contributed by atoms with E-state index in [1.807, 2.05) is 36.4 Å². The first-order valence-corrected chi connectivity index (χ1v) is 6.52. The molecule has 0 aliphatic carbocycles. The lowest BCUT2D eigenvalue weighted by molar-refractivity contribution is 1.09. The van der Waals surface area contributed by atoms with Crippen LogP contribution in [0.5, 0.6) is 0 Å². The van der Waals surface area contributed by atoms with E-state index < -0.39 is 0 Å². The number of hydrogen-bond donors (Lipinski definition) is 1. The van der Waals surface area contributed by atoms with Crippen LogP contribution >= 0.6 is 0 Å². The Hall–Kier alpha value is -2.75. The summed E-state index contributed by atoms with van der Waals surface area (Å²) in [7, 11) is 0. The number of para-hydroxylation sites is 1. The minimum Gasteiger partial charge on any atom is -0.323 e. The molecule has 4 heteroatoms. The summed E-state index contributed by atoms with van der Waals surface area (Å²) >= 11 is 0. The van der Waals surface area contributed by atoms with Gasteiger partial charge in [0, 0.05) is 17.1 Å². The number of aliphatic imine (C=N–C) groups is 1. The smallest absolute Gasteiger partial charge is 0.153 e. The fraction of sp³-hybridized carbons (Fsp3) is 0.0625. The van der Waals surface area contributed by atoms with E-state index in [2.05, 4.69) is 32.4 Å². The molecule has 1 aromatic carbocycles. The Kier molecular flexibility index (Phi) is 2.45. The molecule has 20 heavy (non-hydrogen) atoms. The first kappa shape index (κ1) is 11.1. The SMILES string of the molecule is c1cnc2c(c1)CN=C2Nc1ccc2ccccc2n1. The van der Waals surface area contributed by atoms with E-state index in [4.69, 9.17) is 0 Å². The van der Waals surface area contributed by atoms with Crippen molar-refractivity contribution in [2.75, 3.05) is 5.32 Å². The maximum Gasteiger partial charge on any atom is 0.153 e. The molecular weight excluding hydrogens is 248 g/mol. The number of hydrogen-bond acceptors (Lipinski definition) is 4. The fourth-order valence-corrected chi connectivity index (χ4v) is 2.37. The number of nitrogens with zero attached hydrogens (tertiary/aromatic N) is 3. The molecule has 4 nitrogen and oxygen atoms in total. The predicted octanol–water partition coefficient (Wildman–Crippen LogP) is 3.00. The van der Waals surface area contributed by atoms with Crippen LogP contribution in [0.1, 0.15) is 11.3 Å². The van der Waals surface area contributed by atoms with Crippen LogP contribution < -0.4 is 5.32 Å². The molecule has 0 saturated heterocycles. The largest absolute Gasteiger partial charge is 0.323 e. The summed E-state index contributed by atoms with van der Waals surface area (Å²) in [6.45, 7) is 0.680. The van der Waals surface area contributed by atoms with E-state index in [9.17, 15) is 0 Å². The third-order valence-electron chi connectivity index (χ3n) is 3.37. The van der Waals surface area contributed by atoms with Gasteiger partial charge in [-0.05, 0) is 24.3 Å². The number of benzene rings is 1. The Morgan fingerprint density at radius 1 is 0.950 bits per heavy atom. The monoisotopic (exact) mass is 260 g/mol. The van der Waals surface area contributed by atoms with Crippen LogP contribution in [0.2, 0.25) is 0 Å². The van der Waals surface area contributed by atoms with Crippen molar-refractivity contribution in [1.29, 1.82) is 0 Å². The van der Waals surface area contributed by atoms with E-state index in [1.54, 1.807) is 6.20 Å². The highest BCUT2D eigenvalue weighted by Crippen LogP contribution is 2.19. The minimum atomic E-state index is 0.680. The second-order valence-corrected chi connectivity index (χ2v) is 4.69. The summed E-state index contributed by atoms with van der Waals surface area (Å²) in [5.41, 5.74) is 3.04. The lowest BCUT2D eigenvalue weighted by Crippen LogP contribution is -2.14. The highest BCUT2D eigenvalue weighted by atomic mass is 15.1. The molecular formula is C16H12N4. The van der Waals surface area contributed by atoms with Crippen molar-refractivity contribution in [3.8, 4) is 0 Å². The number of fused-ring (bicyclic) bond motifs is 2. The zero-order chi connectivity index (χ0) is 13.4. The molecule has 3 heterocycles. The van der Waals surface area contributed by atoms with Gasteiger partial charge in [0.2, 0.25) is 0 Å². The van der Waals surface area contributed by atoms with Crippen LogP contribution in [0.15, 0.2) is 59.7 Å². The van der Waals surface area contributed by atoms with Crippen LogP contribution in [0.25, 0.3) is 10.9 Å². The third kappa shape index (κ3) is 1.82. The molecule has 0 bridgehead atoms. The van der Waals surface area contributed by atoms with Crippen molar-refractivity contribution in [3.63, 3.8) is 0 Å². The quantitative estimate of drug-likeness (QED) is 0.731. The summed E-state index contributed by atoms with van der Waals surface area (Å²) in [6, 6.07) is 16.1. The molecule has 0 spiro atoms. The first-order valence-electron chi connectivity index (χ1n) is 6.52. The zero-order valence-corrected chi connectivity index (χ0v) is 10.7. The molecule has 4 rings (SSSR count).